The molecule has 4 aliphatic carbocycles. The van der Waals surface area contributed by atoms with E-state index in [0.29, 0.717) is 17.8 Å². The first-order valence-corrected chi connectivity index (χ1v) is 9.19. The van der Waals surface area contributed by atoms with E-state index in [1.54, 1.807) is 0 Å². The largest absolute Gasteiger partial charge is 0.324 e. The molecule has 0 aromatic heterocycles. The summed E-state index contributed by atoms with van der Waals surface area (Å²) >= 11 is 0. The highest BCUT2D eigenvalue weighted by atomic mass is 35.7. The highest BCUT2D eigenvalue weighted by molar-refractivity contribution is 8.12. The van der Waals surface area contributed by atoms with Crippen LogP contribution in [0.4, 0.5) is 0 Å². The average molecular weight is 300 g/mol. The molecule has 5 aliphatic rings. The van der Waals surface area contributed by atoms with Gasteiger partial charge in [0.2, 0.25) is 5.91 Å². The molecule has 0 aromatic carbocycles. The van der Waals surface area contributed by atoms with E-state index in [1.165, 1.54) is 0 Å². The van der Waals surface area contributed by atoms with Gasteiger partial charge in [0, 0.05) is 16.1 Å². The molecular formula is C13H14ClNO3S. The standard InChI is InChI=1S/C13H14ClNO3S/c14-19(17,18)15-11(16)10-8-2-1-4-13(15)9-6-7(9)3-5-12(8,10)13/h3,5,7-10H,1-2,4,6H2/t7-,8+,9-,10+,12+,13-/m1/s1. The van der Waals surface area contributed by atoms with Crippen LogP contribution in [0.3, 0.4) is 0 Å². The molecule has 1 heterocycles. The highest BCUT2D eigenvalue weighted by Crippen LogP contribution is 2.83. The Labute approximate surface area is 116 Å². The van der Waals surface area contributed by atoms with Gasteiger partial charge in [0.25, 0.3) is 0 Å². The molecule has 4 fully saturated rings. The summed E-state index contributed by atoms with van der Waals surface area (Å²) in [7, 11) is 1.64. The number of carbonyl (C=O) groups is 1. The molecule has 0 aromatic rings. The summed E-state index contributed by atoms with van der Waals surface area (Å²) in [6, 6.07) is 0. The van der Waals surface area contributed by atoms with Crippen molar-refractivity contribution in [1.29, 1.82) is 0 Å². The SMILES string of the molecule is O=C1[C@@H]2[C@@H]3CCC[C@]4([C@@H]5C[C@H]5C=C[C@@]234)N1S(=O)(=O)Cl. The van der Waals surface area contributed by atoms with Gasteiger partial charge in [0.05, 0.1) is 11.5 Å². The van der Waals surface area contributed by atoms with Crippen LogP contribution in [0.5, 0.6) is 0 Å². The van der Waals surface area contributed by atoms with Crippen LogP contribution >= 0.6 is 10.7 Å². The van der Waals surface area contributed by atoms with Crippen molar-refractivity contribution < 1.29 is 13.2 Å². The maximum absolute atomic E-state index is 12.6. The third-order valence-corrected chi connectivity index (χ3v) is 7.72. The lowest BCUT2D eigenvalue weighted by molar-refractivity contribution is -0.130. The van der Waals surface area contributed by atoms with Crippen LogP contribution in [-0.2, 0) is 14.0 Å². The molecule has 1 amide bonds. The minimum atomic E-state index is -3.97. The number of fused-ring (bicyclic) bond motifs is 2. The lowest BCUT2D eigenvalue weighted by atomic mass is 9.66. The number of nitrogens with zero attached hydrogens (tertiary/aromatic N) is 1. The highest BCUT2D eigenvalue weighted by Gasteiger charge is 2.89. The van der Waals surface area contributed by atoms with Crippen molar-refractivity contribution in [2.24, 2.45) is 29.1 Å². The van der Waals surface area contributed by atoms with Crippen LogP contribution < -0.4 is 0 Å². The van der Waals surface area contributed by atoms with Crippen molar-refractivity contribution in [3.05, 3.63) is 12.2 Å². The molecule has 6 atom stereocenters. The molecule has 0 bridgehead atoms. The molecule has 0 N–H and O–H groups in total. The maximum atomic E-state index is 12.6. The normalized spacial score (nSPS) is 56.5. The fraction of sp³-hybridized carbons (Fsp3) is 0.769. The van der Waals surface area contributed by atoms with Gasteiger partial charge < -0.3 is 0 Å². The summed E-state index contributed by atoms with van der Waals surface area (Å²) in [6.07, 6.45) is 8.26. The predicted octanol–water partition coefficient (Wildman–Crippen LogP) is 1.67. The van der Waals surface area contributed by atoms with Crippen LogP contribution in [0, 0.1) is 29.1 Å². The molecule has 0 unspecified atom stereocenters. The molecular weight excluding hydrogens is 286 g/mol. The first kappa shape index (κ1) is 11.1. The number of hydrogen-bond acceptors (Lipinski definition) is 3. The molecule has 1 saturated heterocycles. The number of halogens is 1. The monoisotopic (exact) mass is 299 g/mol. The molecule has 102 valence electrons. The van der Waals surface area contributed by atoms with E-state index in [2.05, 4.69) is 12.2 Å². The number of piperidine rings is 1. The maximum Gasteiger partial charge on any atom is 0.324 e. The minimum Gasteiger partial charge on any atom is -0.273 e. The Morgan fingerprint density at radius 1 is 1.37 bits per heavy atom. The minimum absolute atomic E-state index is 0.124. The van der Waals surface area contributed by atoms with Gasteiger partial charge in [-0.1, -0.05) is 18.6 Å². The molecule has 19 heavy (non-hydrogen) atoms. The third kappa shape index (κ3) is 0.916. The van der Waals surface area contributed by atoms with Gasteiger partial charge in [-0.25, -0.2) is 4.31 Å². The van der Waals surface area contributed by atoms with Gasteiger partial charge in [-0.05, 0) is 37.0 Å². The number of amides is 1. The summed E-state index contributed by atoms with van der Waals surface area (Å²) in [5.41, 5.74) is -0.723. The number of allylic oxidation sites excluding steroid dienone is 1. The Kier molecular flexibility index (Phi) is 1.61. The number of carbonyl (C=O) groups excluding carboxylic acids is 1. The zero-order valence-corrected chi connectivity index (χ0v) is 11.8. The van der Waals surface area contributed by atoms with Gasteiger partial charge in [0.15, 0.2) is 0 Å². The van der Waals surface area contributed by atoms with Crippen LogP contribution in [0.25, 0.3) is 0 Å². The smallest absolute Gasteiger partial charge is 0.273 e. The fourth-order valence-electron chi connectivity index (χ4n) is 5.85. The van der Waals surface area contributed by atoms with Gasteiger partial charge in [-0.15, -0.1) is 0 Å². The summed E-state index contributed by atoms with van der Waals surface area (Å²) in [5.74, 6) is 0.766. The molecule has 0 radical (unpaired) electrons. The lowest BCUT2D eigenvalue weighted by Crippen LogP contribution is -2.58. The van der Waals surface area contributed by atoms with Gasteiger partial charge in [-0.3, -0.25) is 4.79 Å². The Bertz CT molecular complexity index is 659. The Hall–Kier alpha value is -0.550. The van der Waals surface area contributed by atoms with Crippen LogP contribution in [0.2, 0.25) is 0 Å². The molecule has 4 nitrogen and oxygen atoms in total. The molecule has 1 aliphatic heterocycles. The molecule has 3 saturated carbocycles. The van der Waals surface area contributed by atoms with Crippen molar-refractivity contribution in [2.45, 2.75) is 31.2 Å². The third-order valence-electron chi connectivity index (χ3n) is 6.36. The van der Waals surface area contributed by atoms with Crippen LogP contribution in [0.15, 0.2) is 12.2 Å². The van der Waals surface area contributed by atoms with Crippen molar-refractivity contribution in [3.8, 4) is 0 Å². The van der Waals surface area contributed by atoms with Crippen molar-refractivity contribution in [2.75, 3.05) is 0 Å². The van der Waals surface area contributed by atoms with E-state index in [0.717, 1.165) is 30.0 Å². The van der Waals surface area contributed by atoms with E-state index in [9.17, 15) is 13.2 Å². The topological polar surface area (TPSA) is 54.5 Å². The second-order valence-electron chi connectivity index (χ2n) is 6.74. The summed E-state index contributed by atoms with van der Waals surface area (Å²) in [6.45, 7) is 0. The summed E-state index contributed by atoms with van der Waals surface area (Å²) in [5, 5.41) is 0. The van der Waals surface area contributed by atoms with E-state index in [1.807, 2.05) is 0 Å². The molecule has 5 rings (SSSR count). The van der Waals surface area contributed by atoms with Crippen LogP contribution in [-0.4, -0.2) is 24.2 Å². The quantitative estimate of drug-likeness (QED) is 0.547. The Balaban J connectivity index is 1.81. The zero-order chi connectivity index (χ0) is 13.2. The lowest BCUT2D eigenvalue weighted by Gasteiger charge is -2.48. The zero-order valence-electron chi connectivity index (χ0n) is 10.3. The second-order valence-corrected chi connectivity index (χ2v) is 9.10. The average Bonchev–Trinajstić information content (AvgIpc) is 3.16. The second kappa shape index (κ2) is 2.75. The van der Waals surface area contributed by atoms with E-state index in [-0.39, 0.29) is 17.2 Å². The van der Waals surface area contributed by atoms with Crippen molar-refractivity contribution in [3.63, 3.8) is 0 Å². The summed E-state index contributed by atoms with van der Waals surface area (Å²) < 4.78 is 25.0. The van der Waals surface area contributed by atoms with E-state index < -0.39 is 14.8 Å². The van der Waals surface area contributed by atoms with Gasteiger partial charge >= 0.3 is 9.24 Å². The van der Waals surface area contributed by atoms with Gasteiger partial charge in [0.1, 0.15) is 0 Å². The number of hydrogen-bond donors (Lipinski definition) is 0. The van der Waals surface area contributed by atoms with Crippen LogP contribution in [0.1, 0.15) is 25.7 Å². The van der Waals surface area contributed by atoms with Crippen molar-refractivity contribution in [1.82, 2.24) is 4.31 Å². The van der Waals surface area contributed by atoms with Gasteiger partial charge in [-0.2, -0.15) is 8.42 Å². The molecule has 1 spiro atoms. The van der Waals surface area contributed by atoms with Crippen molar-refractivity contribution >= 4 is 25.8 Å². The first-order chi connectivity index (χ1) is 8.94. The Morgan fingerprint density at radius 3 is 2.89 bits per heavy atom. The first-order valence-electron chi connectivity index (χ1n) is 6.93. The van der Waals surface area contributed by atoms with E-state index in [4.69, 9.17) is 10.7 Å². The number of rotatable bonds is 1. The Morgan fingerprint density at radius 2 is 2.16 bits per heavy atom. The fourth-order valence-corrected chi connectivity index (χ4v) is 7.53. The molecule has 6 heteroatoms. The van der Waals surface area contributed by atoms with E-state index >= 15 is 0 Å². The predicted molar refractivity (Wildman–Crippen MR) is 68.4 cm³/mol. The summed E-state index contributed by atoms with van der Waals surface area (Å²) in [4.78, 5) is 12.6.